The molecular weight excluding hydrogens is 353 g/mol. The number of hydrogen-bond donors (Lipinski definition) is 3. The molecule has 1 amide bonds. The first-order valence-corrected chi connectivity index (χ1v) is 8.29. The lowest BCUT2D eigenvalue weighted by Gasteiger charge is -2.27. The van der Waals surface area contributed by atoms with Crippen molar-refractivity contribution >= 4 is 29.6 Å². The summed E-state index contributed by atoms with van der Waals surface area (Å²) < 4.78 is 20.1. The van der Waals surface area contributed by atoms with Crippen LogP contribution >= 0.6 is 0 Å². The zero-order valence-electron chi connectivity index (χ0n) is 14.3. The van der Waals surface area contributed by atoms with Crippen LogP contribution in [0.4, 0.5) is 15.8 Å². The average Bonchev–Trinajstić information content (AvgIpc) is 2.63. The largest absolute Gasteiger partial charge is 0.490 e. The molecule has 7 nitrogen and oxygen atoms in total. The predicted octanol–water partition coefficient (Wildman–Crippen LogP) is 2.57. The van der Waals surface area contributed by atoms with Crippen molar-refractivity contribution in [2.75, 3.05) is 4.90 Å². The van der Waals surface area contributed by atoms with Gasteiger partial charge in [0.05, 0.1) is 12.1 Å². The Morgan fingerprint density at radius 1 is 1.37 bits per heavy atom. The number of nitrogens with one attached hydrogen (secondary N) is 1. The first kappa shape index (κ1) is 18.4. The molecule has 0 aromatic heterocycles. The number of rotatable bonds is 6. The minimum absolute atomic E-state index is 0.0374. The van der Waals surface area contributed by atoms with Gasteiger partial charge in [-0.1, -0.05) is 0 Å². The van der Waals surface area contributed by atoms with Gasteiger partial charge in [-0.05, 0) is 54.8 Å². The van der Waals surface area contributed by atoms with Gasteiger partial charge >= 0.3 is 5.97 Å². The van der Waals surface area contributed by atoms with Gasteiger partial charge in [0.25, 0.3) is 0 Å². The highest BCUT2D eigenvalue weighted by atomic mass is 19.1. The van der Waals surface area contributed by atoms with E-state index in [4.69, 9.17) is 21.0 Å². The zero-order chi connectivity index (χ0) is 19.6. The Balaban J connectivity index is 1.88. The number of hydrogen-bond acceptors (Lipinski definition) is 4. The summed E-state index contributed by atoms with van der Waals surface area (Å²) in [7, 11) is 0. The fourth-order valence-electron chi connectivity index (χ4n) is 3.05. The predicted molar refractivity (Wildman–Crippen MR) is 97.1 cm³/mol. The molecule has 27 heavy (non-hydrogen) atoms. The van der Waals surface area contributed by atoms with Crippen molar-refractivity contribution in [1.82, 2.24) is 0 Å². The van der Waals surface area contributed by atoms with E-state index in [-0.39, 0.29) is 29.6 Å². The van der Waals surface area contributed by atoms with E-state index in [2.05, 4.69) is 0 Å². The van der Waals surface area contributed by atoms with E-state index in [1.54, 1.807) is 18.2 Å². The molecule has 0 saturated heterocycles. The van der Waals surface area contributed by atoms with E-state index in [1.165, 1.54) is 12.1 Å². The normalized spacial score (nSPS) is 15.4. The summed E-state index contributed by atoms with van der Waals surface area (Å²) in [5.41, 5.74) is 6.90. The van der Waals surface area contributed by atoms with Gasteiger partial charge in [-0.3, -0.25) is 19.9 Å². The molecule has 1 aliphatic rings. The number of nitrogens with two attached hydrogens (primary N) is 1. The molecule has 2 aromatic rings. The van der Waals surface area contributed by atoms with Crippen molar-refractivity contribution in [2.24, 2.45) is 5.73 Å². The maximum Gasteiger partial charge on any atom is 0.307 e. The second-order valence-electron chi connectivity index (χ2n) is 6.22. The van der Waals surface area contributed by atoms with E-state index in [0.29, 0.717) is 30.7 Å². The molecule has 0 fully saturated rings. The number of fused-ring (bicyclic) bond motifs is 1. The third-order valence-corrected chi connectivity index (χ3v) is 4.38. The second kappa shape index (κ2) is 7.45. The SMILES string of the molecule is N=C(N)c1ccc(N(C=O)c2ccc3c(c2)CC[C@@H](CC(=O)O)O3)c(F)c1. The van der Waals surface area contributed by atoms with Crippen LogP contribution in [0.15, 0.2) is 36.4 Å². The first-order chi connectivity index (χ1) is 12.9. The molecule has 0 saturated carbocycles. The smallest absolute Gasteiger partial charge is 0.307 e. The number of nitrogen functional groups attached to an aromatic ring is 1. The van der Waals surface area contributed by atoms with Crippen molar-refractivity contribution in [3.63, 3.8) is 0 Å². The van der Waals surface area contributed by atoms with E-state index >= 15 is 0 Å². The van der Waals surface area contributed by atoms with Gasteiger partial charge < -0.3 is 15.6 Å². The molecule has 1 aliphatic heterocycles. The van der Waals surface area contributed by atoms with Gasteiger partial charge in [-0.15, -0.1) is 0 Å². The summed E-state index contributed by atoms with van der Waals surface area (Å²) >= 11 is 0. The van der Waals surface area contributed by atoms with Crippen LogP contribution in [0.1, 0.15) is 24.0 Å². The van der Waals surface area contributed by atoms with Crippen molar-refractivity contribution in [3.8, 4) is 5.75 Å². The molecular formula is C19H18FN3O4. The molecule has 3 rings (SSSR count). The van der Waals surface area contributed by atoms with Crippen LogP contribution in [-0.2, 0) is 16.0 Å². The number of anilines is 2. The lowest BCUT2D eigenvalue weighted by atomic mass is 9.99. The molecule has 0 bridgehead atoms. The minimum atomic E-state index is -0.920. The first-order valence-electron chi connectivity index (χ1n) is 8.29. The Labute approximate surface area is 154 Å². The summed E-state index contributed by atoms with van der Waals surface area (Å²) in [5.74, 6) is -1.29. The Morgan fingerprint density at radius 3 is 2.78 bits per heavy atom. The molecule has 2 aromatic carbocycles. The van der Waals surface area contributed by atoms with Gasteiger partial charge in [0.15, 0.2) is 0 Å². The number of carbonyl (C=O) groups excluding carboxylic acids is 1. The van der Waals surface area contributed by atoms with Crippen LogP contribution in [0.2, 0.25) is 0 Å². The molecule has 4 N–H and O–H groups in total. The third-order valence-electron chi connectivity index (χ3n) is 4.38. The number of benzene rings is 2. The lowest BCUT2D eigenvalue weighted by Crippen LogP contribution is -2.26. The van der Waals surface area contributed by atoms with Crippen LogP contribution in [0.3, 0.4) is 0 Å². The Hall–Kier alpha value is -3.42. The molecule has 8 heteroatoms. The molecule has 1 atom stereocenters. The fraction of sp³-hybridized carbons (Fsp3) is 0.211. The monoisotopic (exact) mass is 371 g/mol. The minimum Gasteiger partial charge on any atom is -0.490 e. The second-order valence-corrected chi connectivity index (χ2v) is 6.22. The number of aliphatic carboxylic acids is 1. The number of amidine groups is 1. The highest BCUT2D eigenvalue weighted by Gasteiger charge is 2.23. The van der Waals surface area contributed by atoms with Gasteiger partial charge in [0, 0.05) is 11.3 Å². The molecule has 0 radical (unpaired) electrons. The lowest BCUT2D eigenvalue weighted by molar-refractivity contribution is -0.139. The Bertz CT molecular complexity index is 916. The topological polar surface area (TPSA) is 117 Å². The highest BCUT2D eigenvalue weighted by molar-refractivity contribution is 5.96. The Kier molecular flexibility index (Phi) is 5.07. The van der Waals surface area contributed by atoms with Crippen LogP contribution < -0.4 is 15.4 Å². The van der Waals surface area contributed by atoms with Crippen molar-refractivity contribution in [2.45, 2.75) is 25.4 Å². The average molecular weight is 371 g/mol. The zero-order valence-corrected chi connectivity index (χ0v) is 14.3. The molecule has 1 heterocycles. The Morgan fingerprint density at radius 2 is 2.15 bits per heavy atom. The number of carbonyl (C=O) groups is 2. The van der Waals surface area contributed by atoms with Gasteiger partial charge in [-0.25, -0.2) is 4.39 Å². The molecule has 0 unspecified atom stereocenters. The highest BCUT2D eigenvalue weighted by Crippen LogP contribution is 2.34. The summed E-state index contributed by atoms with van der Waals surface area (Å²) in [6, 6.07) is 8.94. The summed E-state index contributed by atoms with van der Waals surface area (Å²) in [4.78, 5) is 23.6. The standard InChI is InChI=1S/C19H18FN3O4/c20-15-8-12(19(21)22)2-5-16(15)23(10-24)13-3-6-17-11(7-13)1-4-14(27-17)9-18(25)26/h2-3,5-8,10,14H,1,4,9H2,(H3,21,22)(H,25,26)/t14-/m0/s1. The summed E-state index contributed by atoms with van der Waals surface area (Å²) in [5, 5.41) is 16.2. The van der Waals surface area contributed by atoms with Crippen LogP contribution in [-0.4, -0.2) is 29.4 Å². The number of ether oxygens (including phenoxy) is 1. The van der Waals surface area contributed by atoms with E-state index in [9.17, 15) is 14.0 Å². The number of aryl methyl sites for hydroxylation is 1. The number of carboxylic acids is 1. The van der Waals surface area contributed by atoms with Crippen molar-refractivity contribution < 1.29 is 23.8 Å². The van der Waals surface area contributed by atoms with Crippen LogP contribution in [0, 0.1) is 11.2 Å². The number of carboxylic acid groups (broad SMARTS) is 1. The number of halogens is 1. The van der Waals surface area contributed by atoms with E-state index in [1.807, 2.05) is 0 Å². The third kappa shape index (κ3) is 3.89. The van der Waals surface area contributed by atoms with Gasteiger partial charge in [0.2, 0.25) is 6.41 Å². The van der Waals surface area contributed by atoms with Crippen LogP contribution in [0.25, 0.3) is 0 Å². The van der Waals surface area contributed by atoms with E-state index in [0.717, 1.165) is 16.5 Å². The number of nitrogens with zero attached hydrogens (tertiary/aromatic N) is 1. The molecule has 0 aliphatic carbocycles. The quantitative estimate of drug-likeness (QED) is 0.410. The van der Waals surface area contributed by atoms with Gasteiger partial charge in [0.1, 0.15) is 23.5 Å². The number of amides is 1. The fourth-order valence-corrected chi connectivity index (χ4v) is 3.05. The van der Waals surface area contributed by atoms with Gasteiger partial charge in [-0.2, -0.15) is 0 Å². The maximum atomic E-state index is 14.4. The summed E-state index contributed by atoms with van der Waals surface area (Å²) in [6.07, 6.45) is 1.19. The van der Waals surface area contributed by atoms with Crippen LogP contribution in [0.5, 0.6) is 5.75 Å². The molecule has 140 valence electrons. The van der Waals surface area contributed by atoms with Crippen molar-refractivity contribution in [1.29, 1.82) is 5.41 Å². The molecule has 0 spiro atoms. The van der Waals surface area contributed by atoms with E-state index < -0.39 is 11.8 Å². The summed E-state index contributed by atoms with van der Waals surface area (Å²) in [6.45, 7) is 0. The van der Waals surface area contributed by atoms with Crippen molar-refractivity contribution in [3.05, 3.63) is 53.3 Å². The maximum absolute atomic E-state index is 14.4.